The zero-order valence-corrected chi connectivity index (χ0v) is 17.4. The summed E-state index contributed by atoms with van der Waals surface area (Å²) in [6, 6.07) is 11.2. The first-order valence-corrected chi connectivity index (χ1v) is 10.4. The summed E-state index contributed by atoms with van der Waals surface area (Å²) in [5, 5.41) is 8.45. The van der Waals surface area contributed by atoms with Crippen molar-refractivity contribution in [3.05, 3.63) is 58.9 Å². The predicted octanol–water partition coefficient (Wildman–Crippen LogP) is 3.39. The molecule has 0 unspecified atom stereocenters. The third-order valence-electron chi connectivity index (χ3n) is 5.97. The summed E-state index contributed by atoms with van der Waals surface area (Å²) in [6.07, 6.45) is 5.13. The molecule has 29 heavy (non-hydrogen) atoms. The van der Waals surface area contributed by atoms with Gasteiger partial charge in [0.25, 0.3) is 5.91 Å². The second kappa shape index (κ2) is 9.46. The molecule has 1 aliphatic carbocycles. The van der Waals surface area contributed by atoms with Crippen LogP contribution < -0.4 is 5.73 Å². The molecule has 1 aliphatic rings. The van der Waals surface area contributed by atoms with Gasteiger partial charge >= 0.3 is 0 Å². The van der Waals surface area contributed by atoms with Gasteiger partial charge in [-0.2, -0.15) is 5.10 Å². The Bertz CT molecular complexity index is 851. The molecular formula is C22H27ClN4O2. The Balaban J connectivity index is 1.80. The number of carbonyl (C=O) groups is 2. The molecule has 1 aromatic carbocycles. The zero-order valence-electron chi connectivity index (χ0n) is 16.7. The molecule has 1 aromatic heterocycles. The smallest absolute Gasteiger partial charge is 0.275 e. The number of hydrogen-bond donors (Lipinski definition) is 1. The van der Waals surface area contributed by atoms with E-state index in [0.29, 0.717) is 18.0 Å². The highest BCUT2D eigenvalue weighted by Crippen LogP contribution is 2.41. The van der Waals surface area contributed by atoms with E-state index in [4.69, 9.17) is 17.3 Å². The number of ketones is 1. The van der Waals surface area contributed by atoms with Gasteiger partial charge in [-0.1, -0.05) is 30.7 Å². The fraction of sp³-hybridized carbons (Fsp3) is 0.455. The van der Waals surface area contributed by atoms with Crippen LogP contribution in [0.2, 0.25) is 5.02 Å². The van der Waals surface area contributed by atoms with Crippen LogP contribution in [-0.2, 0) is 10.2 Å². The predicted molar refractivity (Wildman–Crippen MR) is 113 cm³/mol. The number of Topliss-reactive ketones (excluding diaryl/α,β-unsaturated/α-hetero) is 1. The molecule has 0 saturated heterocycles. The van der Waals surface area contributed by atoms with Gasteiger partial charge in [0.2, 0.25) is 0 Å². The number of amides is 1. The number of benzene rings is 1. The number of nitrogens with two attached hydrogens (primary N) is 1. The van der Waals surface area contributed by atoms with E-state index >= 15 is 0 Å². The minimum atomic E-state index is -0.243. The van der Waals surface area contributed by atoms with Crippen molar-refractivity contribution in [1.29, 1.82) is 0 Å². The molecule has 0 bridgehead atoms. The Morgan fingerprint density at radius 2 is 2.00 bits per heavy atom. The molecule has 1 saturated carbocycles. The number of hydrogen-bond acceptors (Lipinski definition) is 5. The highest BCUT2D eigenvalue weighted by Gasteiger charge is 2.39. The topological polar surface area (TPSA) is 89.2 Å². The van der Waals surface area contributed by atoms with Crippen LogP contribution in [0.1, 0.15) is 55.1 Å². The van der Waals surface area contributed by atoms with Crippen molar-refractivity contribution < 1.29 is 9.59 Å². The Hall–Kier alpha value is -2.31. The van der Waals surface area contributed by atoms with Gasteiger partial charge in [-0.25, -0.2) is 0 Å². The number of nitrogens with zero attached hydrogens (tertiary/aromatic N) is 3. The van der Waals surface area contributed by atoms with Gasteiger partial charge in [0.1, 0.15) is 0 Å². The second-order valence-corrected chi connectivity index (χ2v) is 8.10. The van der Waals surface area contributed by atoms with Gasteiger partial charge in [0.05, 0.1) is 6.54 Å². The van der Waals surface area contributed by atoms with Crippen LogP contribution >= 0.6 is 11.6 Å². The monoisotopic (exact) mass is 414 g/mol. The standard InChI is InChI=1S/C22H27ClN4O2/c1-2-19(28)14-27(21(29)20-7-4-12-25-26-20)18-8-10-22(15-24,11-9-18)16-5-3-6-17(23)13-16/h3-7,12-13,18H,2,8-11,14-15,24H2,1H3. The zero-order chi connectivity index (χ0) is 20.9. The maximum absolute atomic E-state index is 13.1. The van der Waals surface area contributed by atoms with Gasteiger partial charge in [-0.05, 0) is 55.5 Å². The first kappa shape index (κ1) is 21.4. The van der Waals surface area contributed by atoms with Gasteiger partial charge in [-0.3, -0.25) is 9.59 Å². The molecular weight excluding hydrogens is 388 g/mol. The van der Waals surface area contributed by atoms with Gasteiger partial charge in [-0.15, -0.1) is 5.10 Å². The highest BCUT2D eigenvalue weighted by molar-refractivity contribution is 6.30. The van der Waals surface area contributed by atoms with Crippen LogP contribution in [0.15, 0.2) is 42.6 Å². The maximum Gasteiger partial charge on any atom is 0.275 e. The normalized spacial score (nSPS) is 21.6. The quantitative estimate of drug-likeness (QED) is 0.750. The van der Waals surface area contributed by atoms with E-state index in [2.05, 4.69) is 16.3 Å². The van der Waals surface area contributed by atoms with E-state index in [9.17, 15) is 9.59 Å². The Morgan fingerprint density at radius 1 is 1.24 bits per heavy atom. The molecule has 0 atom stereocenters. The lowest BCUT2D eigenvalue weighted by Gasteiger charge is -2.43. The van der Waals surface area contributed by atoms with Crippen LogP contribution in [0.3, 0.4) is 0 Å². The summed E-state index contributed by atoms with van der Waals surface area (Å²) in [6.45, 7) is 2.43. The van der Waals surface area contributed by atoms with Crippen LogP contribution in [-0.4, -0.2) is 45.9 Å². The summed E-state index contributed by atoms with van der Waals surface area (Å²) >= 11 is 6.20. The second-order valence-electron chi connectivity index (χ2n) is 7.66. The van der Waals surface area contributed by atoms with E-state index in [-0.39, 0.29) is 35.4 Å². The average Bonchev–Trinajstić information content (AvgIpc) is 2.77. The fourth-order valence-electron chi connectivity index (χ4n) is 4.13. The molecule has 2 aromatic rings. The minimum absolute atomic E-state index is 0.0288. The summed E-state index contributed by atoms with van der Waals surface area (Å²) in [4.78, 5) is 26.9. The maximum atomic E-state index is 13.1. The van der Waals surface area contributed by atoms with Gasteiger partial charge < -0.3 is 10.6 Å². The molecule has 6 nitrogen and oxygen atoms in total. The van der Waals surface area contributed by atoms with Gasteiger partial charge in [0, 0.05) is 35.6 Å². The number of aromatic nitrogens is 2. The molecule has 3 rings (SSSR count). The van der Waals surface area contributed by atoms with Gasteiger partial charge in [0.15, 0.2) is 11.5 Å². The molecule has 1 amide bonds. The molecule has 1 fully saturated rings. The first-order valence-electron chi connectivity index (χ1n) is 10.1. The van der Waals surface area contributed by atoms with Crippen LogP contribution in [0.4, 0.5) is 0 Å². The Labute approximate surface area is 176 Å². The van der Waals surface area contributed by atoms with Crippen molar-refractivity contribution >= 4 is 23.3 Å². The lowest BCUT2D eigenvalue weighted by atomic mass is 9.68. The van der Waals surface area contributed by atoms with Crippen molar-refractivity contribution in [1.82, 2.24) is 15.1 Å². The summed E-state index contributed by atoms with van der Waals surface area (Å²) in [7, 11) is 0. The van der Waals surface area contributed by atoms with Crippen molar-refractivity contribution in [3.8, 4) is 0 Å². The summed E-state index contributed by atoms with van der Waals surface area (Å²) in [5.41, 5.74) is 7.45. The third-order valence-corrected chi connectivity index (χ3v) is 6.21. The fourth-order valence-corrected chi connectivity index (χ4v) is 4.32. The third kappa shape index (κ3) is 4.82. The van der Waals surface area contributed by atoms with E-state index in [1.165, 1.54) is 6.20 Å². The van der Waals surface area contributed by atoms with E-state index in [1.807, 2.05) is 25.1 Å². The van der Waals surface area contributed by atoms with E-state index < -0.39 is 0 Å². The van der Waals surface area contributed by atoms with Crippen LogP contribution in [0, 0.1) is 0 Å². The average molecular weight is 415 g/mol. The van der Waals surface area contributed by atoms with Crippen molar-refractivity contribution in [2.75, 3.05) is 13.1 Å². The molecule has 0 aliphatic heterocycles. The lowest BCUT2D eigenvalue weighted by Crippen LogP contribution is -2.49. The van der Waals surface area contributed by atoms with Crippen molar-refractivity contribution in [2.45, 2.75) is 50.5 Å². The Kier molecular flexibility index (Phi) is 6.98. The first-order chi connectivity index (χ1) is 14.0. The molecule has 7 heteroatoms. The Morgan fingerprint density at radius 3 is 2.59 bits per heavy atom. The van der Waals surface area contributed by atoms with E-state index in [0.717, 1.165) is 31.2 Å². The van der Waals surface area contributed by atoms with Crippen LogP contribution in [0.25, 0.3) is 0 Å². The molecule has 154 valence electrons. The highest BCUT2D eigenvalue weighted by atomic mass is 35.5. The number of rotatable bonds is 7. The molecule has 0 radical (unpaired) electrons. The molecule has 1 heterocycles. The largest absolute Gasteiger partial charge is 0.330 e. The van der Waals surface area contributed by atoms with E-state index in [1.54, 1.807) is 17.0 Å². The van der Waals surface area contributed by atoms with Crippen molar-refractivity contribution in [2.24, 2.45) is 5.73 Å². The molecule has 2 N–H and O–H groups in total. The summed E-state index contributed by atoms with van der Waals surface area (Å²) in [5.74, 6) is -0.208. The minimum Gasteiger partial charge on any atom is -0.330 e. The lowest BCUT2D eigenvalue weighted by molar-refractivity contribution is -0.120. The van der Waals surface area contributed by atoms with Crippen LogP contribution in [0.5, 0.6) is 0 Å². The molecule has 0 spiro atoms. The summed E-state index contributed by atoms with van der Waals surface area (Å²) < 4.78 is 0. The number of carbonyl (C=O) groups excluding carboxylic acids is 2. The SMILES string of the molecule is CCC(=O)CN(C(=O)c1cccnn1)C1CCC(CN)(c2cccc(Cl)c2)CC1. The van der Waals surface area contributed by atoms with Crippen molar-refractivity contribution in [3.63, 3.8) is 0 Å². The number of halogens is 1.